The van der Waals surface area contributed by atoms with Crippen LogP contribution in [0.3, 0.4) is 0 Å². The van der Waals surface area contributed by atoms with E-state index in [9.17, 15) is 15.3 Å². The smallest absolute Gasteiger partial charge is 0.228 e. The van der Waals surface area contributed by atoms with Gasteiger partial charge in [0.1, 0.15) is 18.3 Å². The second-order valence-electron chi connectivity index (χ2n) is 8.44. The number of thiophene rings is 1. The third kappa shape index (κ3) is 3.64. The standard InChI is InChI=1S/C25H27NO5S/c1-2-6-21-26-25(24(30-21)23(29)22(28)19(14-27)31-25)17-9-5-7-15(11-17)12-18-13-16-8-3-4-10-20(16)32-18/h3-5,7-11,13,19,22-24,27-29H,2,6,12,14H2,1H3/t19-,22-,23+,24?,25?/m1/s1. The number of nitrogens with zero attached hydrogens (tertiary/aromatic N) is 1. The van der Waals surface area contributed by atoms with Crippen LogP contribution in [0, 0.1) is 0 Å². The summed E-state index contributed by atoms with van der Waals surface area (Å²) < 4.78 is 13.4. The molecule has 3 N–H and O–H groups in total. The Bertz CT molecular complexity index is 1110. The summed E-state index contributed by atoms with van der Waals surface area (Å²) >= 11 is 1.77. The van der Waals surface area contributed by atoms with Crippen LogP contribution in [0.15, 0.2) is 59.6 Å². The van der Waals surface area contributed by atoms with Crippen LogP contribution in [0.4, 0.5) is 0 Å². The molecule has 0 saturated carbocycles. The van der Waals surface area contributed by atoms with Gasteiger partial charge in [-0.2, -0.15) is 0 Å². The molecule has 0 radical (unpaired) electrons. The lowest BCUT2D eigenvalue weighted by Gasteiger charge is -2.44. The Hall–Kier alpha value is -2.29. The lowest BCUT2D eigenvalue weighted by Crippen LogP contribution is -2.61. The van der Waals surface area contributed by atoms with E-state index in [0.717, 1.165) is 24.0 Å². The number of hydrogen-bond acceptors (Lipinski definition) is 7. The maximum Gasteiger partial charge on any atom is 0.228 e. The van der Waals surface area contributed by atoms with Crippen molar-refractivity contribution in [3.8, 4) is 0 Å². The number of aliphatic hydroxyl groups is 3. The van der Waals surface area contributed by atoms with Crippen LogP contribution in [-0.4, -0.2) is 52.2 Å². The Labute approximate surface area is 190 Å². The zero-order valence-electron chi connectivity index (χ0n) is 17.8. The van der Waals surface area contributed by atoms with Crippen molar-refractivity contribution < 1.29 is 24.8 Å². The van der Waals surface area contributed by atoms with Crippen molar-refractivity contribution in [2.24, 2.45) is 4.99 Å². The Morgan fingerprint density at radius 1 is 1.06 bits per heavy atom. The number of rotatable bonds is 6. The summed E-state index contributed by atoms with van der Waals surface area (Å²) in [7, 11) is 0. The SMILES string of the molecule is CCCC1=NC2(c3cccc(Cc4cc5ccccc5s4)c3)O[C@H](CO)[C@@H](O)[C@H](O)C2O1. The van der Waals surface area contributed by atoms with Crippen molar-refractivity contribution in [1.29, 1.82) is 0 Å². The molecule has 2 unspecified atom stereocenters. The predicted molar refractivity (Wildman–Crippen MR) is 124 cm³/mol. The highest BCUT2D eigenvalue weighted by Gasteiger charge is 2.60. The highest BCUT2D eigenvalue weighted by Crippen LogP contribution is 2.45. The number of ether oxygens (including phenoxy) is 2. The fourth-order valence-corrected chi connectivity index (χ4v) is 5.69. The van der Waals surface area contributed by atoms with Crippen molar-refractivity contribution in [1.82, 2.24) is 0 Å². The minimum atomic E-state index is -1.30. The molecular formula is C25H27NO5S. The van der Waals surface area contributed by atoms with Gasteiger partial charge in [-0.3, -0.25) is 0 Å². The Morgan fingerprint density at radius 2 is 1.91 bits per heavy atom. The molecule has 32 heavy (non-hydrogen) atoms. The molecule has 5 atom stereocenters. The van der Waals surface area contributed by atoms with E-state index in [2.05, 4.69) is 24.3 Å². The molecule has 2 aliphatic rings. The van der Waals surface area contributed by atoms with Gasteiger partial charge in [0.05, 0.1) is 6.61 Å². The third-order valence-corrected chi connectivity index (χ3v) is 7.27. The molecule has 2 aliphatic heterocycles. The van der Waals surface area contributed by atoms with Gasteiger partial charge in [0, 0.05) is 28.0 Å². The highest BCUT2D eigenvalue weighted by atomic mass is 32.1. The van der Waals surface area contributed by atoms with Crippen LogP contribution in [-0.2, 0) is 21.6 Å². The molecule has 168 valence electrons. The zero-order chi connectivity index (χ0) is 22.3. The molecule has 2 aromatic carbocycles. The molecule has 7 heteroatoms. The lowest BCUT2D eigenvalue weighted by atomic mass is 9.86. The van der Waals surface area contributed by atoms with Crippen LogP contribution in [0.5, 0.6) is 0 Å². The van der Waals surface area contributed by atoms with Crippen LogP contribution < -0.4 is 0 Å². The number of aliphatic imine (C=N–C) groups is 1. The van der Waals surface area contributed by atoms with Crippen molar-refractivity contribution in [2.75, 3.05) is 6.61 Å². The summed E-state index contributed by atoms with van der Waals surface area (Å²) in [6.45, 7) is 1.60. The van der Waals surface area contributed by atoms with E-state index in [-0.39, 0.29) is 0 Å². The first kappa shape index (κ1) is 21.6. The van der Waals surface area contributed by atoms with E-state index < -0.39 is 36.7 Å². The third-order valence-electron chi connectivity index (χ3n) is 6.15. The van der Waals surface area contributed by atoms with Crippen LogP contribution >= 0.6 is 11.3 Å². The van der Waals surface area contributed by atoms with Crippen molar-refractivity contribution in [3.63, 3.8) is 0 Å². The van der Waals surface area contributed by atoms with Gasteiger partial charge in [0.15, 0.2) is 12.0 Å². The molecule has 0 spiro atoms. The summed E-state index contributed by atoms with van der Waals surface area (Å²) in [6, 6.07) is 18.5. The van der Waals surface area contributed by atoms with E-state index in [1.54, 1.807) is 11.3 Å². The molecule has 1 aromatic heterocycles. The van der Waals surface area contributed by atoms with Gasteiger partial charge in [-0.15, -0.1) is 11.3 Å². The maximum atomic E-state index is 10.8. The highest BCUT2D eigenvalue weighted by molar-refractivity contribution is 7.19. The van der Waals surface area contributed by atoms with Crippen LogP contribution in [0.2, 0.25) is 0 Å². The molecule has 1 saturated heterocycles. The summed E-state index contributed by atoms with van der Waals surface area (Å²) in [5.41, 5.74) is 0.537. The molecule has 1 fully saturated rings. The van der Waals surface area contributed by atoms with Gasteiger partial charge in [0.2, 0.25) is 5.72 Å². The van der Waals surface area contributed by atoms with Gasteiger partial charge in [0.25, 0.3) is 0 Å². The van der Waals surface area contributed by atoms with E-state index in [1.807, 2.05) is 37.3 Å². The molecule has 3 aromatic rings. The summed E-state index contributed by atoms with van der Waals surface area (Å²) in [5.74, 6) is 0.497. The van der Waals surface area contributed by atoms with Crippen LogP contribution in [0.25, 0.3) is 10.1 Å². The average molecular weight is 454 g/mol. The summed E-state index contributed by atoms with van der Waals surface area (Å²) in [6.07, 6.45) is -2.12. The largest absolute Gasteiger partial charge is 0.469 e. The molecule has 0 bridgehead atoms. The topological polar surface area (TPSA) is 91.5 Å². The van der Waals surface area contributed by atoms with Gasteiger partial charge in [-0.1, -0.05) is 49.4 Å². The monoisotopic (exact) mass is 453 g/mol. The molecule has 0 amide bonds. The number of benzene rings is 2. The second kappa shape index (κ2) is 8.57. The van der Waals surface area contributed by atoms with Gasteiger partial charge < -0.3 is 24.8 Å². The van der Waals surface area contributed by atoms with Crippen molar-refractivity contribution in [2.45, 2.75) is 56.3 Å². The fourth-order valence-electron chi connectivity index (χ4n) is 4.60. The number of aliphatic hydroxyl groups excluding tert-OH is 3. The predicted octanol–water partition coefficient (Wildman–Crippen LogP) is 3.36. The minimum Gasteiger partial charge on any atom is -0.469 e. The second-order valence-corrected chi connectivity index (χ2v) is 9.61. The summed E-state index contributed by atoms with van der Waals surface area (Å²) in [4.78, 5) is 6.01. The Balaban J connectivity index is 1.52. The first-order valence-corrected chi connectivity index (χ1v) is 11.8. The average Bonchev–Trinajstić information content (AvgIpc) is 3.38. The van der Waals surface area contributed by atoms with Gasteiger partial charge >= 0.3 is 0 Å². The maximum absolute atomic E-state index is 10.8. The first-order chi connectivity index (χ1) is 15.5. The number of hydrogen-bond donors (Lipinski definition) is 3. The van der Waals surface area contributed by atoms with E-state index in [4.69, 9.17) is 14.5 Å². The molecule has 6 nitrogen and oxygen atoms in total. The number of fused-ring (bicyclic) bond motifs is 2. The molecule has 5 rings (SSSR count). The quantitative estimate of drug-likeness (QED) is 0.532. The summed E-state index contributed by atoms with van der Waals surface area (Å²) in [5, 5.41) is 32.2. The molecule has 3 heterocycles. The molecular weight excluding hydrogens is 426 g/mol. The van der Waals surface area contributed by atoms with Crippen LogP contribution in [0.1, 0.15) is 35.8 Å². The van der Waals surface area contributed by atoms with Crippen molar-refractivity contribution >= 4 is 27.3 Å². The minimum absolute atomic E-state index is 0.424. The fraction of sp³-hybridized carbons (Fsp3) is 0.400. The normalized spacial score (nSPS) is 29.6. The van der Waals surface area contributed by atoms with Gasteiger partial charge in [-0.05, 0) is 29.5 Å². The van der Waals surface area contributed by atoms with Crippen molar-refractivity contribution in [3.05, 3.63) is 70.6 Å². The first-order valence-electron chi connectivity index (χ1n) is 11.0. The lowest BCUT2D eigenvalue weighted by molar-refractivity contribution is -0.262. The van der Waals surface area contributed by atoms with Gasteiger partial charge in [-0.25, -0.2) is 4.99 Å². The van der Waals surface area contributed by atoms with E-state index in [1.165, 1.54) is 15.0 Å². The van der Waals surface area contributed by atoms with E-state index in [0.29, 0.717) is 12.3 Å². The Kier molecular flexibility index (Phi) is 5.77. The molecule has 0 aliphatic carbocycles. The van der Waals surface area contributed by atoms with E-state index >= 15 is 0 Å². The zero-order valence-corrected chi connectivity index (χ0v) is 18.7. The Morgan fingerprint density at radius 3 is 2.69 bits per heavy atom.